The molecule has 0 fully saturated rings. The highest BCUT2D eigenvalue weighted by Gasteiger charge is 2.09. The van der Waals surface area contributed by atoms with Gasteiger partial charge in [-0.15, -0.1) is 0 Å². The Kier molecular flexibility index (Phi) is 3.81. The summed E-state index contributed by atoms with van der Waals surface area (Å²) in [5.41, 5.74) is 1.21. The van der Waals surface area contributed by atoms with E-state index < -0.39 is 10.0 Å². The molecule has 10 heteroatoms. The van der Waals surface area contributed by atoms with Gasteiger partial charge in [0.05, 0.1) is 12.1 Å². The van der Waals surface area contributed by atoms with Crippen LogP contribution in [0.2, 0.25) is 0 Å². The molecular weight excluding hydrogens is 270 g/mol. The van der Waals surface area contributed by atoms with E-state index in [0.717, 1.165) is 0 Å². The number of aromatic amines is 1. The number of nitrogens with two attached hydrogens (primary N) is 1. The number of sulfonamides is 1. The number of anilines is 2. The van der Waals surface area contributed by atoms with Crippen LogP contribution in [0.4, 0.5) is 11.8 Å². The summed E-state index contributed by atoms with van der Waals surface area (Å²) in [6, 6.07) is 0. The zero-order valence-corrected chi connectivity index (χ0v) is 11.2. The highest BCUT2D eigenvalue weighted by atomic mass is 32.2. The first-order valence-corrected chi connectivity index (χ1v) is 7.34. The van der Waals surface area contributed by atoms with Crippen molar-refractivity contribution in [3.8, 4) is 0 Å². The van der Waals surface area contributed by atoms with Gasteiger partial charge in [-0.1, -0.05) is 0 Å². The predicted molar refractivity (Wildman–Crippen MR) is 72.3 cm³/mol. The minimum absolute atomic E-state index is 0.0733. The maximum absolute atomic E-state index is 10.8. The van der Waals surface area contributed by atoms with Crippen molar-refractivity contribution in [2.24, 2.45) is 5.14 Å². The number of nitrogens with one attached hydrogen (secondary N) is 3. The molecule has 0 unspecified atom stereocenters. The molecular formula is C9H15N7O2S. The van der Waals surface area contributed by atoms with Gasteiger partial charge in [0.25, 0.3) is 0 Å². The van der Waals surface area contributed by atoms with Gasteiger partial charge < -0.3 is 15.6 Å². The van der Waals surface area contributed by atoms with Gasteiger partial charge in [0.1, 0.15) is 5.52 Å². The number of H-pyrrole nitrogens is 1. The molecule has 0 aromatic carbocycles. The minimum atomic E-state index is -3.43. The largest absolute Gasteiger partial charge is 0.368 e. The van der Waals surface area contributed by atoms with Crippen molar-refractivity contribution in [2.75, 3.05) is 30.0 Å². The molecule has 0 aliphatic carbocycles. The van der Waals surface area contributed by atoms with E-state index in [1.807, 2.05) is 0 Å². The van der Waals surface area contributed by atoms with E-state index >= 15 is 0 Å². The fourth-order valence-corrected chi connectivity index (χ4v) is 2.10. The fourth-order valence-electron chi connectivity index (χ4n) is 1.55. The number of nitrogens with zero attached hydrogens (tertiary/aromatic N) is 3. The lowest BCUT2D eigenvalue weighted by Gasteiger charge is -2.07. The summed E-state index contributed by atoms with van der Waals surface area (Å²) < 4.78 is 21.6. The van der Waals surface area contributed by atoms with Gasteiger partial charge in [-0.05, 0) is 6.42 Å². The molecule has 0 aliphatic rings. The molecule has 0 saturated heterocycles. The van der Waals surface area contributed by atoms with E-state index in [1.165, 1.54) is 6.33 Å². The van der Waals surface area contributed by atoms with E-state index in [-0.39, 0.29) is 5.75 Å². The summed E-state index contributed by atoms with van der Waals surface area (Å²) >= 11 is 0. The van der Waals surface area contributed by atoms with Crippen molar-refractivity contribution in [3.05, 3.63) is 6.33 Å². The SMILES string of the molecule is CNc1nc(NCCCS(N)(=O)=O)c2[nH]cnc2n1. The second-order valence-corrected chi connectivity index (χ2v) is 5.63. The number of primary sulfonamides is 1. The fraction of sp³-hybridized carbons (Fsp3) is 0.444. The summed E-state index contributed by atoms with van der Waals surface area (Å²) in [6.07, 6.45) is 1.92. The highest BCUT2D eigenvalue weighted by molar-refractivity contribution is 7.89. The second kappa shape index (κ2) is 5.36. The Morgan fingerprint density at radius 3 is 2.89 bits per heavy atom. The summed E-state index contributed by atoms with van der Waals surface area (Å²) in [5, 5.41) is 10.8. The van der Waals surface area contributed by atoms with Crippen molar-refractivity contribution in [2.45, 2.75) is 6.42 Å². The molecule has 2 heterocycles. The van der Waals surface area contributed by atoms with Crippen LogP contribution in [-0.2, 0) is 10.0 Å². The molecule has 0 radical (unpaired) electrons. The molecule has 2 aromatic rings. The Bertz CT molecular complexity index is 666. The van der Waals surface area contributed by atoms with Crippen molar-refractivity contribution >= 4 is 33.0 Å². The molecule has 19 heavy (non-hydrogen) atoms. The van der Waals surface area contributed by atoms with Crippen molar-refractivity contribution in [1.82, 2.24) is 19.9 Å². The van der Waals surface area contributed by atoms with E-state index in [9.17, 15) is 8.42 Å². The molecule has 5 N–H and O–H groups in total. The zero-order valence-electron chi connectivity index (χ0n) is 10.3. The third kappa shape index (κ3) is 3.51. The van der Waals surface area contributed by atoms with Gasteiger partial charge in [-0.3, -0.25) is 0 Å². The van der Waals surface area contributed by atoms with Crippen molar-refractivity contribution in [3.63, 3.8) is 0 Å². The van der Waals surface area contributed by atoms with Crippen LogP contribution in [-0.4, -0.2) is 47.7 Å². The Balaban J connectivity index is 2.09. The molecule has 104 valence electrons. The normalized spacial score (nSPS) is 11.7. The second-order valence-electron chi connectivity index (χ2n) is 3.89. The smallest absolute Gasteiger partial charge is 0.226 e. The number of hydrogen-bond acceptors (Lipinski definition) is 7. The predicted octanol–water partition coefficient (Wildman–Crippen LogP) is -0.515. The number of rotatable bonds is 6. The molecule has 0 atom stereocenters. The van der Waals surface area contributed by atoms with Crippen LogP contribution in [0.25, 0.3) is 11.2 Å². The zero-order chi connectivity index (χ0) is 13.9. The Morgan fingerprint density at radius 2 is 2.21 bits per heavy atom. The van der Waals surface area contributed by atoms with Crippen molar-refractivity contribution in [1.29, 1.82) is 0 Å². The summed E-state index contributed by atoms with van der Waals surface area (Å²) in [7, 11) is -1.72. The average Bonchev–Trinajstić information content (AvgIpc) is 2.81. The van der Waals surface area contributed by atoms with E-state index in [0.29, 0.717) is 35.9 Å². The summed E-state index contributed by atoms with van der Waals surface area (Å²) in [4.78, 5) is 15.4. The summed E-state index contributed by atoms with van der Waals surface area (Å²) in [6.45, 7) is 0.435. The van der Waals surface area contributed by atoms with Crippen LogP contribution in [0, 0.1) is 0 Å². The molecule has 0 aliphatic heterocycles. The molecule has 0 amide bonds. The lowest BCUT2D eigenvalue weighted by Crippen LogP contribution is -2.19. The monoisotopic (exact) mass is 285 g/mol. The maximum atomic E-state index is 10.8. The minimum Gasteiger partial charge on any atom is -0.368 e. The standard InChI is InChI=1S/C9H15N7O2S/c1-11-9-15-7(6-8(16-9)14-5-13-6)12-3-2-4-19(10,17)18/h5H,2-4H2,1H3,(H2,10,17,18)(H3,11,12,13,14,15,16). The molecule has 9 nitrogen and oxygen atoms in total. The third-order valence-electron chi connectivity index (χ3n) is 2.41. The number of fused-ring (bicyclic) bond motifs is 1. The van der Waals surface area contributed by atoms with Gasteiger partial charge in [-0.2, -0.15) is 9.97 Å². The quantitative estimate of drug-likeness (QED) is 0.524. The molecule has 2 aromatic heterocycles. The van der Waals surface area contributed by atoms with E-state index in [4.69, 9.17) is 5.14 Å². The first-order chi connectivity index (χ1) is 8.99. The first-order valence-electron chi connectivity index (χ1n) is 5.63. The average molecular weight is 285 g/mol. The third-order valence-corrected chi connectivity index (χ3v) is 3.27. The molecule has 0 bridgehead atoms. The van der Waals surface area contributed by atoms with Crippen LogP contribution in [0.3, 0.4) is 0 Å². The van der Waals surface area contributed by atoms with Crippen molar-refractivity contribution < 1.29 is 8.42 Å². The van der Waals surface area contributed by atoms with E-state index in [2.05, 4.69) is 30.6 Å². The number of aromatic nitrogens is 4. The van der Waals surface area contributed by atoms with Gasteiger partial charge in [0.2, 0.25) is 16.0 Å². The molecule has 0 saturated carbocycles. The van der Waals surface area contributed by atoms with Gasteiger partial charge in [0, 0.05) is 13.6 Å². The number of imidazole rings is 1. The Morgan fingerprint density at radius 1 is 1.42 bits per heavy atom. The first kappa shape index (κ1) is 13.5. The van der Waals surface area contributed by atoms with Gasteiger partial charge >= 0.3 is 0 Å². The Hall–Kier alpha value is -1.94. The number of hydrogen-bond donors (Lipinski definition) is 4. The van der Waals surface area contributed by atoms with Gasteiger partial charge in [0.15, 0.2) is 11.5 Å². The topological polar surface area (TPSA) is 139 Å². The molecule has 0 spiro atoms. The summed E-state index contributed by atoms with van der Waals surface area (Å²) in [5.74, 6) is 0.936. The van der Waals surface area contributed by atoms with Crippen LogP contribution >= 0.6 is 0 Å². The lowest BCUT2D eigenvalue weighted by molar-refractivity contribution is 0.596. The maximum Gasteiger partial charge on any atom is 0.226 e. The van der Waals surface area contributed by atoms with Crippen LogP contribution < -0.4 is 15.8 Å². The van der Waals surface area contributed by atoms with Crippen LogP contribution in [0.5, 0.6) is 0 Å². The van der Waals surface area contributed by atoms with Crippen LogP contribution in [0.1, 0.15) is 6.42 Å². The van der Waals surface area contributed by atoms with E-state index in [1.54, 1.807) is 7.05 Å². The Labute approximate surface area is 110 Å². The van der Waals surface area contributed by atoms with Crippen LogP contribution in [0.15, 0.2) is 6.33 Å². The molecule has 2 rings (SSSR count). The highest BCUT2D eigenvalue weighted by Crippen LogP contribution is 2.18. The van der Waals surface area contributed by atoms with Gasteiger partial charge in [-0.25, -0.2) is 18.5 Å². The lowest BCUT2D eigenvalue weighted by atomic mass is 10.4.